The number of hydrogen-bond acceptors (Lipinski definition) is 6. The third kappa shape index (κ3) is 62.4. The maximum atomic E-state index is 12.8. The van der Waals surface area contributed by atoms with Gasteiger partial charge in [-0.1, -0.05) is 308 Å². The lowest BCUT2D eigenvalue weighted by Crippen LogP contribution is -2.30. The summed E-state index contributed by atoms with van der Waals surface area (Å²) in [7, 11) is 0. The summed E-state index contributed by atoms with van der Waals surface area (Å²) in [5.41, 5.74) is 0. The number of allylic oxidation sites excluding steroid dienone is 6. The lowest BCUT2D eigenvalue weighted by atomic mass is 10.0. The number of ether oxygens (including phenoxy) is 3. The van der Waals surface area contributed by atoms with Gasteiger partial charge in [0.2, 0.25) is 0 Å². The quantitative estimate of drug-likeness (QED) is 0.0261. The highest BCUT2D eigenvalue weighted by Gasteiger charge is 2.19. The first-order chi connectivity index (χ1) is 37.0. The highest BCUT2D eigenvalue weighted by Crippen LogP contribution is 2.18. The number of esters is 3. The summed E-state index contributed by atoms with van der Waals surface area (Å²) in [6.07, 6.45) is 79.0. The van der Waals surface area contributed by atoms with Crippen molar-refractivity contribution in [2.75, 3.05) is 13.2 Å². The minimum Gasteiger partial charge on any atom is -0.462 e. The van der Waals surface area contributed by atoms with Crippen LogP contribution in [0.3, 0.4) is 0 Å². The zero-order chi connectivity index (χ0) is 54.3. The molecule has 0 rings (SSSR count). The van der Waals surface area contributed by atoms with E-state index < -0.39 is 6.10 Å². The minimum atomic E-state index is -0.771. The summed E-state index contributed by atoms with van der Waals surface area (Å²) in [5, 5.41) is 0. The van der Waals surface area contributed by atoms with Gasteiger partial charge in [0.15, 0.2) is 6.10 Å². The van der Waals surface area contributed by atoms with Crippen LogP contribution >= 0.6 is 0 Å². The van der Waals surface area contributed by atoms with Crippen molar-refractivity contribution in [1.29, 1.82) is 0 Å². The lowest BCUT2D eigenvalue weighted by Gasteiger charge is -2.18. The molecule has 0 aliphatic rings. The van der Waals surface area contributed by atoms with Gasteiger partial charge in [-0.05, 0) is 77.0 Å². The fraction of sp³-hybridized carbons (Fsp3) is 0.870. The largest absolute Gasteiger partial charge is 0.462 e. The second-order valence-corrected chi connectivity index (χ2v) is 22.7. The molecule has 0 aromatic heterocycles. The Hall–Kier alpha value is -2.37. The van der Waals surface area contributed by atoms with E-state index >= 15 is 0 Å². The first kappa shape index (κ1) is 72.6. The van der Waals surface area contributed by atoms with E-state index in [1.165, 1.54) is 257 Å². The molecule has 0 aromatic rings. The van der Waals surface area contributed by atoms with Gasteiger partial charge in [0.05, 0.1) is 0 Å². The maximum Gasteiger partial charge on any atom is 0.306 e. The van der Waals surface area contributed by atoms with E-state index in [9.17, 15) is 14.4 Å². The molecule has 0 fully saturated rings. The van der Waals surface area contributed by atoms with E-state index in [2.05, 4.69) is 57.2 Å². The van der Waals surface area contributed by atoms with Crippen LogP contribution in [0.15, 0.2) is 36.5 Å². The van der Waals surface area contributed by atoms with Crippen molar-refractivity contribution >= 4 is 17.9 Å². The van der Waals surface area contributed by atoms with Crippen LogP contribution in [0.25, 0.3) is 0 Å². The smallest absolute Gasteiger partial charge is 0.306 e. The van der Waals surface area contributed by atoms with Crippen LogP contribution in [0.4, 0.5) is 0 Å². The second-order valence-electron chi connectivity index (χ2n) is 22.7. The average molecular weight is 1050 g/mol. The lowest BCUT2D eigenvalue weighted by molar-refractivity contribution is -0.167. The van der Waals surface area contributed by atoms with Crippen molar-refractivity contribution in [2.45, 2.75) is 374 Å². The monoisotopic (exact) mass is 1050 g/mol. The third-order valence-corrected chi connectivity index (χ3v) is 15.1. The molecule has 0 spiro atoms. The number of hydrogen-bond donors (Lipinski definition) is 0. The van der Waals surface area contributed by atoms with Gasteiger partial charge >= 0.3 is 17.9 Å². The molecular formula is C69H128O6. The molecular weight excluding hydrogens is 925 g/mol. The van der Waals surface area contributed by atoms with Gasteiger partial charge in [-0.25, -0.2) is 0 Å². The molecule has 0 aromatic carbocycles. The average Bonchev–Trinajstić information content (AvgIpc) is 3.41. The van der Waals surface area contributed by atoms with Crippen LogP contribution in [-0.2, 0) is 28.6 Å². The zero-order valence-electron chi connectivity index (χ0n) is 50.6. The number of carbonyl (C=O) groups is 3. The molecule has 0 N–H and O–H groups in total. The first-order valence-electron chi connectivity index (χ1n) is 33.5. The van der Waals surface area contributed by atoms with Crippen LogP contribution in [0.2, 0.25) is 0 Å². The van der Waals surface area contributed by atoms with Gasteiger partial charge in [-0.15, -0.1) is 0 Å². The molecule has 75 heavy (non-hydrogen) atoms. The van der Waals surface area contributed by atoms with Gasteiger partial charge < -0.3 is 14.2 Å². The summed E-state index contributed by atoms with van der Waals surface area (Å²) < 4.78 is 16.9. The minimum absolute atomic E-state index is 0.0699. The number of unbranched alkanes of at least 4 members (excludes halogenated alkanes) is 45. The molecule has 0 aliphatic carbocycles. The predicted octanol–water partition coefficient (Wildman–Crippen LogP) is 22.8. The summed E-state index contributed by atoms with van der Waals surface area (Å²) in [6.45, 7) is 6.65. The van der Waals surface area contributed by atoms with Crippen molar-refractivity contribution in [3.63, 3.8) is 0 Å². The Kier molecular flexibility index (Phi) is 62.1. The molecule has 0 amide bonds. The fourth-order valence-electron chi connectivity index (χ4n) is 10.1. The number of carbonyl (C=O) groups excluding carboxylic acids is 3. The Labute approximate surface area is 467 Å². The van der Waals surface area contributed by atoms with Crippen molar-refractivity contribution < 1.29 is 28.6 Å². The molecule has 0 radical (unpaired) electrons. The molecule has 0 saturated carbocycles. The van der Waals surface area contributed by atoms with Crippen molar-refractivity contribution in [3.8, 4) is 0 Å². The molecule has 1 unspecified atom stereocenters. The molecule has 0 bridgehead atoms. The van der Waals surface area contributed by atoms with Gasteiger partial charge in [0.1, 0.15) is 13.2 Å². The van der Waals surface area contributed by atoms with Gasteiger partial charge in [-0.3, -0.25) is 14.4 Å². The highest BCUT2D eigenvalue weighted by atomic mass is 16.6. The SMILES string of the molecule is CCCCCCC/C=C\C/C=C\CCCCCCCCCCCCCCCCCCCCCCCC(=O)OCC(COC(=O)CCCCCCCCCCC)OC(=O)CCCCCCC/C=C\CCCCCCCC. The number of rotatable bonds is 62. The maximum absolute atomic E-state index is 12.8. The van der Waals surface area contributed by atoms with E-state index in [-0.39, 0.29) is 31.1 Å². The standard InChI is InChI=1S/C69H128O6/c1-4-7-10-13-16-19-21-23-25-26-27-28-29-30-31-32-33-34-35-36-37-38-39-40-41-42-44-45-47-50-53-56-59-62-68(71)74-65-66(64-73-67(70)61-58-55-52-49-18-15-12-9-6-3)75-69(72)63-60-57-54-51-48-46-43-24-22-20-17-14-11-8-5-2/h21,23-24,26-27,43,66H,4-20,22,25,28-42,44-65H2,1-3H3/b23-21-,27-26-,43-24-. The van der Waals surface area contributed by atoms with Gasteiger partial charge in [0, 0.05) is 19.3 Å². The molecule has 0 saturated heterocycles. The Morgan fingerprint density at radius 1 is 0.267 bits per heavy atom. The predicted molar refractivity (Wildman–Crippen MR) is 326 cm³/mol. The topological polar surface area (TPSA) is 78.9 Å². The van der Waals surface area contributed by atoms with E-state index in [0.717, 1.165) is 70.6 Å². The molecule has 6 nitrogen and oxygen atoms in total. The Morgan fingerprint density at radius 3 is 0.747 bits per heavy atom. The molecule has 0 aliphatic heterocycles. The molecule has 0 heterocycles. The third-order valence-electron chi connectivity index (χ3n) is 15.1. The summed E-state index contributed by atoms with van der Waals surface area (Å²) in [6, 6.07) is 0. The van der Waals surface area contributed by atoms with Crippen LogP contribution in [-0.4, -0.2) is 37.2 Å². The molecule has 440 valence electrons. The Morgan fingerprint density at radius 2 is 0.480 bits per heavy atom. The van der Waals surface area contributed by atoms with Crippen molar-refractivity contribution in [1.82, 2.24) is 0 Å². The summed E-state index contributed by atoms with van der Waals surface area (Å²) in [5.74, 6) is -0.859. The van der Waals surface area contributed by atoms with Crippen LogP contribution < -0.4 is 0 Å². The van der Waals surface area contributed by atoms with Crippen molar-refractivity contribution in [2.24, 2.45) is 0 Å². The second kappa shape index (κ2) is 64.2. The molecule has 1 atom stereocenters. The first-order valence-corrected chi connectivity index (χ1v) is 33.5. The Balaban J connectivity index is 4.01. The van der Waals surface area contributed by atoms with E-state index in [1.54, 1.807) is 0 Å². The molecule has 6 heteroatoms. The van der Waals surface area contributed by atoms with E-state index in [1.807, 2.05) is 0 Å². The summed E-state index contributed by atoms with van der Waals surface area (Å²) in [4.78, 5) is 38.1. The van der Waals surface area contributed by atoms with Gasteiger partial charge in [0.25, 0.3) is 0 Å². The van der Waals surface area contributed by atoms with Crippen LogP contribution in [0.5, 0.6) is 0 Å². The van der Waals surface area contributed by atoms with E-state index in [0.29, 0.717) is 19.3 Å². The Bertz CT molecular complexity index is 1250. The van der Waals surface area contributed by atoms with Crippen LogP contribution in [0.1, 0.15) is 367 Å². The zero-order valence-corrected chi connectivity index (χ0v) is 50.6. The van der Waals surface area contributed by atoms with Gasteiger partial charge in [-0.2, -0.15) is 0 Å². The normalized spacial score (nSPS) is 12.2. The van der Waals surface area contributed by atoms with E-state index in [4.69, 9.17) is 14.2 Å². The van der Waals surface area contributed by atoms with Crippen molar-refractivity contribution in [3.05, 3.63) is 36.5 Å². The fourth-order valence-corrected chi connectivity index (χ4v) is 10.1. The highest BCUT2D eigenvalue weighted by molar-refractivity contribution is 5.71. The van der Waals surface area contributed by atoms with Crippen LogP contribution in [0, 0.1) is 0 Å². The summed E-state index contributed by atoms with van der Waals surface area (Å²) >= 11 is 0.